The van der Waals surface area contributed by atoms with E-state index in [4.69, 9.17) is 4.74 Å². The molecule has 0 spiro atoms. The van der Waals surface area contributed by atoms with Crippen LogP contribution in [0.3, 0.4) is 0 Å². The molecule has 0 fully saturated rings. The first-order valence-corrected chi connectivity index (χ1v) is 7.04. The van der Waals surface area contributed by atoms with Crippen LogP contribution in [0, 0.1) is 0 Å². The zero-order valence-corrected chi connectivity index (χ0v) is 12.5. The quantitative estimate of drug-likeness (QED) is 0.887. The molecule has 100 valence electrons. The minimum Gasteiger partial charge on any atom is -0.492 e. The Kier molecular flexibility index (Phi) is 5.36. The Morgan fingerprint density at radius 3 is 2.74 bits per heavy atom. The summed E-state index contributed by atoms with van der Waals surface area (Å²) in [5.74, 6) is 0.922. The van der Waals surface area contributed by atoms with Gasteiger partial charge in [-0.1, -0.05) is 12.1 Å². The molecule has 2 rings (SSSR count). The van der Waals surface area contributed by atoms with Gasteiger partial charge >= 0.3 is 0 Å². The molecule has 1 N–H and O–H groups in total. The summed E-state index contributed by atoms with van der Waals surface area (Å²) < 4.78 is 6.91. The van der Waals surface area contributed by atoms with Crippen molar-refractivity contribution in [3.63, 3.8) is 0 Å². The number of ether oxygens (including phenoxy) is 1. The van der Waals surface area contributed by atoms with Gasteiger partial charge in [-0.25, -0.2) is 0 Å². The highest BCUT2D eigenvalue weighted by atomic mass is 79.9. The summed E-state index contributed by atoms with van der Waals surface area (Å²) in [6, 6.07) is 10.1. The van der Waals surface area contributed by atoms with Crippen molar-refractivity contribution in [3.05, 3.63) is 58.3 Å². The van der Waals surface area contributed by atoms with E-state index in [0.29, 0.717) is 6.61 Å². The summed E-state index contributed by atoms with van der Waals surface area (Å²) in [5, 5.41) is 3.15. The number of benzene rings is 1. The van der Waals surface area contributed by atoms with Crippen LogP contribution in [0.1, 0.15) is 11.1 Å². The predicted octanol–water partition coefficient (Wildman–Crippen LogP) is 3.19. The topological polar surface area (TPSA) is 34.1 Å². The standard InChI is InChI=1S/C15H17BrN2O/c1-17-11-13-3-2-4-14(16)15(13)19-10-7-12-5-8-18-9-6-12/h2-6,8-9,17H,7,10-11H2,1H3. The SMILES string of the molecule is CNCc1cccc(Br)c1OCCc1ccncc1. The zero-order valence-electron chi connectivity index (χ0n) is 10.9. The van der Waals surface area contributed by atoms with E-state index in [1.807, 2.05) is 31.3 Å². The fraction of sp³-hybridized carbons (Fsp3) is 0.267. The van der Waals surface area contributed by atoms with Crippen LogP contribution in [-0.2, 0) is 13.0 Å². The van der Waals surface area contributed by atoms with Gasteiger partial charge in [-0.3, -0.25) is 4.98 Å². The molecule has 0 radical (unpaired) electrons. The van der Waals surface area contributed by atoms with E-state index >= 15 is 0 Å². The van der Waals surface area contributed by atoms with Crippen molar-refractivity contribution < 1.29 is 4.74 Å². The molecule has 4 heteroatoms. The number of para-hydroxylation sites is 1. The van der Waals surface area contributed by atoms with Crippen molar-refractivity contribution in [3.8, 4) is 5.75 Å². The fourth-order valence-corrected chi connectivity index (χ4v) is 2.39. The third-order valence-corrected chi connectivity index (χ3v) is 3.43. The van der Waals surface area contributed by atoms with Gasteiger partial charge in [-0.05, 0) is 46.7 Å². The van der Waals surface area contributed by atoms with Gasteiger partial charge in [0.05, 0.1) is 11.1 Å². The largest absolute Gasteiger partial charge is 0.492 e. The first-order chi connectivity index (χ1) is 9.31. The zero-order chi connectivity index (χ0) is 13.5. The Balaban J connectivity index is 1.99. The molecule has 2 aromatic rings. The highest BCUT2D eigenvalue weighted by Crippen LogP contribution is 2.29. The number of pyridine rings is 1. The number of hydrogen-bond acceptors (Lipinski definition) is 3. The minimum atomic E-state index is 0.656. The van der Waals surface area contributed by atoms with Crippen molar-refractivity contribution in [2.45, 2.75) is 13.0 Å². The van der Waals surface area contributed by atoms with Gasteiger partial charge in [0, 0.05) is 30.9 Å². The number of nitrogens with zero attached hydrogens (tertiary/aromatic N) is 1. The number of nitrogens with one attached hydrogen (secondary N) is 1. The first kappa shape index (κ1) is 14.0. The van der Waals surface area contributed by atoms with Crippen molar-refractivity contribution >= 4 is 15.9 Å². The van der Waals surface area contributed by atoms with Crippen LogP contribution in [0.4, 0.5) is 0 Å². The molecule has 1 aromatic carbocycles. The van der Waals surface area contributed by atoms with Gasteiger partial charge in [-0.2, -0.15) is 0 Å². The minimum absolute atomic E-state index is 0.656. The molecule has 0 aliphatic heterocycles. The summed E-state index contributed by atoms with van der Waals surface area (Å²) in [6.45, 7) is 1.45. The Morgan fingerprint density at radius 1 is 1.21 bits per heavy atom. The molecule has 0 bridgehead atoms. The molecule has 3 nitrogen and oxygen atoms in total. The van der Waals surface area contributed by atoms with Crippen LogP contribution in [0.25, 0.3) is 0 Å². The van der Waals surface area contributed by atoms with Gasteiger partial charge < -0.3 is 10.1 Å². The molecule has 0 aliphatic carbocycles. The van der Waals surface area contributed by atoms with E-state index < -0.39 is 0 Å². The predicted molar refractivity (Wildman–Crippen MR) is 80.3 cm³/mol. The van der Waals surface area contributed by atoms with Gasteiger partial charge in [0.1, 0.15) is 5.75 Å². The summed E-state index contributed by atoms with van der Waals surface area (Å²) >= 11 is 3.54. The average Bonchev–Trinajstić information content (AvgIpc) is 2.43. The van der Waals surface area contributed by atoms with Gasteiger partial charge in [0.25, 0.3) is 0 Å². The highest BCUT2D eigenvalue weighted by Gasteiger charge is 2.07. The van der Waals surface area contributed by atoms with E-state index in [1.54, 1.807) is 12.4 Å². The lowest BCUT2D eigenvalue weighted by molar-refractivity contribution is 0.316. The number of rotatable bonds is 6. The molecule has 0 saturated carbocycles. The second-order valence-electron chi connectivity index (χ2n) is 4.21. The van der Waals surface area contributed by atoms with Gasteiger partial charge in [-0.15, -0.1) is 0 Å². The van der Waals surface area contributed by atoms with Crippen molar-refractivity contribution in [1.82, 2.24) is 10.3 Å². The monoisotopic (exact) mass is 320 g/mol. The summed E-state index contributed by atoms with van der Waals surface area (Å²) in [7, 11) is 1.93. The average molecular weight is 321 g/mol. The molecule has 0 unspecified atom stereocenters. The second kappa shape index (κ2) is 7.26. The van der Waals surface area contributed by atoms with Crippen LogP contribution in [0.2, 0.25) is 0 Å². The maximum Gasteiger partial charge on any atom is 0.137 e. The lowest BCUT2D eigenvalue weighted by atomic mass is 10.2. The number of halogens is 1. The van der Waals surface area contributed by atoms with Crippen LogP contribution in [0.5, 0.6) is 5.75 Å². The summed E-state index contributed by atoms with van der Waals surface area (Å²) in [4.78, 5) is 4.01. The van der Waals surface area contributed by atoms with Crippen LogP contribution in [0.15, 0.2) is 47.2 Å². The smallest absolute Gasteiger partial charge is 0.137 e. The Labute approximate surface area is 122 Å². The molecule has 0 amide bonds. The fourth-order valence-electron chi connectivity index (χ4n) is 1.87. The van der Waals surface area contributed by atoms with Crippen LogP contribution >= 0.6 is 15.9 Å². The lowest BCUT2D eigenvalue weighted by Gasteiger charge is -2.13. The molecular formula is C15H17BrN2O. The van der Waals surface area contributed by atoms with Crippen molar-refractivity contribution in [1.29, 1.82) is 0 Å². The Morgan fingerprint density at radius 2 is 2.00 bits per heavy atom. The molecule has 19 heavy (non-hydrogen) atoms. The number of aromatic nitrogens is 1. The first-order valence-electron chi connectivity index (χ1n) is 6.25. The van der Waals surface area contributed by atoms with Gasteiger partial charge in [0.15, 0.2) is 0 Å². The van der Waals surface area contributed by atoms with E-state index in [9.17, 15) is 0 Å². The summed E-state index contributed by atoms with van der Waals surface area (Å²) in [5.41, 5.74) is 2.39. The van der Waals surface area contributed by atoms with E-state index in [0.717, 1.165) is 28.8 Å². The van der Waals surface area contributed by atoms with Crippen molar-refractivity contribution in [2.24, 2.45) is 0 Å². The van der Waals surface area contributed by atoms with Crippen molar-refractivity contribution in [2.75, 3.05) is 13.7 Å². The molecule has 1 aromatic heterocycles. The highest BCUT2D eigenvalue weighted by molar-refractivity contribution is 9.10. The molecule has 1 heterocycles. The van der Waals surface area contributed by atoms with Crippen LogP contribution in [-0.4, -0.2) is 18.6 Å². The number of hydrogen-bond donors (Lipinski definition) is 1. The molecule has 0 atom stereocenters. The third-order valence-electron chi connectivity index (χ3n) is 2.80. The normalized spacial score (nSPS) is 10.4. The maximum absolute atomic E-state index is 5.92. The third kappa shape index (κ3) is 4.04. The second-order valence-corrected chi connectivity index (χ2v) is 5.07. The maximum atomic E-state index is 5.92. The van der Waals surface area contributed by atoms with E-state index in [-0.39, 0.29) is 0 Å². The molecular weight excluding hydrogens is 304 g/mol. The van der Waals surface area contributed by atoms with E-state index in [2.05, 4.69) is 32.3 Å². The van der Waals surface area contributed by atoms with Crippen LogP contribution < -0.4 is 10.1 Å². The summed E-state index contributed by atoms with van der Waals surface area (Å²) in [6.07, 6.45) is 4.49. The Hall–Kier alpha value is -1.39. The Bertz CT molecular complexity index is 517. The van der Waals surface area contributed by atoms with E-state index in [1.165, 1.54) is 5.56 Å². The molecule has 0 saturated heterocycles. The van der Waals surface area contributed by atoms with Gasteiger partial charge in [0.2, 0.25) is 0 Å². The molecule has 0 aliphatic rings. The lowest BCUT2D eigenvalue weighted by Crippen LogP contribution is -2.09.